The van der Waals surface area contributed by atoms with E-state index in [0.29, 0.717) is 13.0 Å². The molecule has 2 aliphatic rings. The lowest BCUT2D eigenvalue weighted by molar-refractivity contribution is -0.121. The van der Waals surface area contributed by atoms with Crippen molar-refractivity contribution in [3.8, 4) is 0 Å². The number of hydrogen-bond acceptors (Lipinski definition) is 3. The van der Waals surface area contributed by atoms with Gasteiger partial charge < -0.3 is 20.4 Å². The molecule has 24 heavy (non-hydrogen) atoms. The third kappa shape index (κ3) is 3.19. The molecule has 4 rings (SSSR count). The van der Waals surface area contributed by atoms with Crippen LogP contribution in [0.25, 0.3) is 10.9 Å². The quantitative estimate of drug-likeness (QED) is 0.806. The minimum Gasteiger partial charge on any atom is -0.373 e. The van der Waals surface area contributed by atoms with E-state index in [-0.39, 0.29) is 17.6 Å². The molecule has 2 saturated heterocycles. The lowest BCUT2D eigenvalue weighted by Gasteiger charge is -2.32. The van der Waals surface area contributed by atoms with Crippen LogP contribution in [0.3, 0.4) is 0 Å². The fourth-order valence-electron chi connectivity index (χ4n) is 4.05. The molecule has 3 N–H and O–H groups in total. The first-order valence-corrected chi connectivity index (χ1v) is 8.93. The third-order valence-corrected chi connectivity index (χ3v) is 5.39. The minimum absolute atomic E-state index is 0.0000366. The molecule has 2 aromatic rings. The van der Waals surface area contributed by atoms with Gasteiger partial charge >= 0.3 is 0 Å². The molecule has 1 spiro atoms. The van der Waals surface area contributed by atoms with E-state index in [0.717, 1.165) is 44.3 Å². The Morgan fingerprint density at radius 3 is 3.00 bits per heavy atom. The summed E-state index contributed by atoms with van der Waals surface area (Å²) in [7, 11) is 0. The van der Waals surface area contributed by atoms with Crippen molar-refractivity contribution in [1.82, 2.24) is 15.6 Å². The minimum atomic E-state index is 0.0000366. The van der Waals surface area contributed by atoms with E-state index in [1.807, 2.05) is 18.3 Å². The number of aromatic nitrogens is 1. The molecule has 2 aliphatic heterocycles. The molecule has 1 atom stereocenters. The first kappa shape index (κ1) is 15.7. The van der Waals surface area contributed by atoms with Gasteiger partial charge in [0.1, 0.15) is 0 Å². The number of para-hydroxylation sites is 1. The third-order valence-electron chi connectivity index (χ3n) is 5.39. The molecule has 1 aromatic heterocycles. The van der Waals surface area contributed by atoms with Crippen LogP contribution in [0.5, 0.6) is 0 Å². The van der Waals surface area contributed by atoms with E-state index < -0.39 is 0 Å². The van der Waals surface area contributed by atoms with Gasteiger partial charge in [-0.3, -0.25) is 4.79 Å². The summed E-state index contributed by atoms with van der Waals surface area (Å²) in [5.41, 5.74) is 2.34. The molecular weight excluding hydrogens is 302 g/mol. The second-order valence-electron chi connectivity index (χ2n) is 7.07. The van der Waals surface area contributed by atoms with Crippen LogP contribution in [0.2, 0.25) is 0 Å². The Bertz CT molecular complexity index is 718. The average Bonchev–Trinajstić information content (AvgIpc) is 3.18. The summed E-state index contributed by atoms with van der Waals surface area (Å²) in [5, 5.41) is 7.75. The number of nitrogens with one attached hydrogen (secondary N) is 3. The maximum Gasteiger partial charge on any atom is 0.220 e. The van der Waals surface area contributed by atoms with Gasteiger partial charge in [0.2, 0.25) is 5.91 Å². The summed E-state index contributed by atoms with van der Waals surface area (Å²) >= 11 is 0. The molecule has 0 aliphatic carbocycles. The highest BCUT2D eigenvalue weighted by Crippen LogP contribution is 2.33. The van der Waals surface area contributed by atoms with Gasteiger partial charge in [-0.05, 0) is 50.4 Å². The lowest BCUT2D eigenvalue weighted by Crippen LogP contribution is -2.43. The molecule has 1 aromatic carbocycles. The van der Waals surface area contributed by atoms with E-state index >= 15 is 0 Å². The molecule has 5 heteroatoms. The second kappa shape index (κ2) is 6.57. The molecule has 0 unspecified atom stereocenters. The van der Waals surface area contributed by atoms with Gasteiger partial charge in [-0.2, -0.15) is 0 Å². The monoisotopic (exact) mass is 327 g/mol. The summed E-state index contributed by atoms with van der Waals surface area (Å²) in [6.45, 7) is 2.68. The molecule has 0 saturated carbocycles. The molecule has 3 heterocycles. The van der Waals surface area contributed by atoms with Crippen LogP contribution in [-0.2, 0) is 16.0 Å². The second-order valence-corrected chi connectivity index (χ2v) is 7.07. The maximum atomic E-state index is 12.3. The molecule has 5 nitrogen and oxygen atoms in total. The van der Waals surface area contributed by atoms with Gasteiger partial charge in [-0.25, -0.2) is 0 Å². The zero-order valence-corrected chi connectivity index (χ0v) is 13.9. The van der Waals surface area contributed by atoms with Crippen molar-refractivity contribution in [1.29, 1.82) is 0 Å². The number of ether oxygens (including phenoxy) is 1. The Morgan fingerprint density at radius 1 is 1.29 bits per heavy atom. The topological polar surface area (TPSA) is 66.2 Å². The van der Waals surface area contributed by atoms with Gasteiger partial charge in [-0.15, -0.1) is 0 Å². The number of benzene rings is 1. The Kier molecular flexibility index (Phi) is 4.29. The molecule has 0 radical (unpaired) electrons. The van der Waals surface area contributed by atoms with Crippen LogP contribution in [0.15, 0.2) is 30.5 Å². The SMILES string of the molecule is O=C(CCc1c[nH]c2ccccc12)N[C@@H]1COC2(CCNCC2)C1. The van der Waals surface area contributed by atoms with Crippen LogP contribution in [0, 0.1) is 0 Å². The molecule has 2 fully saturated rings. The van der Waals surface area contributed by atoms with Crippen molar-refractivity contribution in [3.05, 3.63) is 36.0 Å². The zero-order chi connectivity index (χ0) is 16.4. The van der Waals surface area contributed by atoms with Crippen molar-refractivity contribution in [2.75, 3.05) is 19.7 Å². The zero-order valence-electron chi connectivity index (χ0n) is 13.9. The number of carbonyl (C=O) groups excluding carboxylic acids is 1. The van der Waals surface area contributed by atoms with E-state index in [9.17, 15) is 4.79 Å². The lowest BCUT2D eigenvalue weighted by atomic mass is 9.88. The van der Waals surface area contributed by atoms with E-state index in [1.165, 1.54) is 10.9 Å². The van der Waals surface area contributed by atoms with Gasteiger partial charge in [0.25, 0.3) is 0 Å². The van der Waals surface area contributed by atoms with Crippen LogP contribution in [0.1, 0.15) is 31.2 Å². The van der Waals surface area contributed by atoms with Crippen molar-refractivity contribution in [2.45, 2.75) is 43.7 Å². The number of amides is 1. The standard InChI is InChI=1S/C19H25N3O2/c23-18(6-5-14-12-21-17-4-2-1-3-16(14)17)22-15-11-19(24-13-15)7-9-20-10-8-19/h1-4,12,15,20-21H,5-11,13H2,(H,22,23)/t15-/m0/s1. The molecular formula is C19H25N3O2. The molecule has 128 valence electrons. The Hall–Kier alpha value is -1.85. The van der Waals surface area contributed by atoms with Crippen LogP contribution in [-0.4, -0.2) is 42.2 Å². The maximum absolute atomic E-state index is 12.3. The van der Waals surface area contributed by atoms with Gasteiger partial charge in [0.15, 0.2) is 0 Å². The summed E-state index contributed by atoms with van der Waals surface area (Å²) in [5.74, 6) is 0.125. The smallest absolute Gasteiger partial charge is 0.220 e. The summed E-state index contributed by atoms with van der Waals surface area (Å²) in [6.07, 6.45) is 6.35. The highest BCUT2D eigenvalue weighted by atomic mass is 16.5. The molecule has 1 amide bonds. The Labute approximate surface area is 142 Å². The number of fused-ring (bicyclic) bond motifs is 1. The fraction of sp³-hybridized carbons (Fsp3) is 0.526. The first-order valence-electron chi connectivity index (χ1n) is 8.93. The van der Waals surface area contributed by atoms with Crippen LogP contribution >= 0.6 is 0 Å². The normalized spacial score (nSPS) is 22.9. The summed E-state index contributed by atoms with van der Waals surface area (Å²) in [4.78, 5) is 15.6. The highest BCUT2D eigenvalue weighted by molar-refractivity contribution is 5.84. The van der Waals surface area contributed by atoms with Gasteiger partial charge in [0.05, 0.1) is 18.2 Å². The largest absolute Gasteiger partial charge is 0.373 e. The molecule has 0 bridgehead atoms. The predicted molar refractivity (Wildman–Crippen MR) is 94.0 cm³/mol. The number of hydrogen-bond donors (Lipinski definition) is 3. The van der Waals surface area contributed by atoms with Crippen molar-refractivity contribution in [2.24, 2.45) is 0 Å². The van der Waals surface area contributed by atoms with Gasteiger partial charge in [-0.1, -0.05) is 18.2 Å². The van der Waals surface area contributed by atoms with E-state index in [2.05, 4.69) is 27.8 Å². The first-order chi connectivity index (χ1) is 11.7. The van der Waals surface area contributed by atoms with Crippen molar-refractivity contribution < 1.29 is 9.53 Å². The fourth-order valence-corrected chi connectivity index (χ4v) is 4.05. The highest BCUT2D eigenvalue weighted by Gasteiger charge is 2.41. The average molecular weight is 327 g/mol. The number of carbonyl (C=O) groups is 1. The van der Waals surface area contributed by atoms with E-state index in [4.69, 9.17) is 4.74 Å². The number of aryl methyl sites for hydroxylation is 1. The van der Waals surface area contributed by atoms with Gasteiger partial charge in [0, 0.05) is 23.5 Å². The number of rotatable bonds is 4. The number of piperidine rings is 1. The van der Waals surface area contributed by atoms with E-state index in [1.54, 1.807) is 0 Å². The summed E-state index contributed by atoms with van der Waals surface area (Å²) < 4.78 is 6.04. The number of aromatic amines is 1. The van der Waals surface area contributed by atoms with Crippen molar-refractivity contribution in [3.63, 3.8) is 0 Å². The predicted octanol–water partition coefficient (Wildman–Crippen LogP) is 2.13. The van der Waals surface area contributed by atoms with Crippen molar-refractivity contribution >= 4 is 16.8 Å². The van der Waals surface area contributed by atoms with Crippen LogP contribution < -0.4 is 10.6 Å². The Morgan fingerprint density at radius 2 is 2.12 bits per heavy atom. The van der Waals surface area contributed by atoms with Crippen LogP contribution in [0.4, 0.5) is 0 Å². The summed E-state index contributed by atoms with van der Waals surface area (Å²) in [6, 6.07) is 8.39. The Balaban J connectivity index is 1.29. The number of H-pyrrole nitrogens is 1.